The van der Waals surface area contributed by atoms with E-state index in [2.05, 4.69) is 5.32 Å². The first-order valence-electron chi connectivity index (χ1n) is 6.62. The molecule has 21 heavy (non-hydrogen) atoms. The molecule has 0 aliphatic rings. The summed E-state index contributed by atoms with van der Waals surface area (Å²) >= 11 is 0. The van der Waals surface area contributed by atoms with Gasteiger partial charge in [0.2, 0.25) is 0 Å². The number of hydrogen-bond donors (Lipinski definition) is 1. The third-order valence-electron chi connectivity index (χ3n) is 3.07. The van der Waals surface area contributed by atoms with Crippen LogP contribution in [0.4, 0.5) is 0 Å². The van der Waals surface area contributed by atoms with Crippen LogP contribution in [0.15, 0.2) is 59.5 Å². The first kappa shape index (κ1) is 15.3. The molecule has 0 aliphatic carbocycles. The van der Waals surface area contributed by atoms with Crippen LogP contribution in [0.25, 0.3) is 0 Å². The molecule has 0 spiro atoms. The molecule has 0 heterocycles. The molecule has 2 rings (SSSR count). The summed E-state index contributed by atoms with van der Waals surface area (Å²) in [7, 11) is -3.36. The Morgan fingerprint density at radius 2 is 1.62 bits per heavy atom. The fourth-order valence-electron chi connectivity index (χ4n) is 1.85. The third kappa shape index (κ3) is 4.16. The van der Waals surface area contributed by atoms with E-state index in [0.29, 0.717) is 5.56 Å². The van der Waals surface area contributed by atoms with Crippen molar-refractivity contribution >= 4 is 15.7 Å². The summed E-state index contributed by atoms with van der Waals surface area (Å²) in [5.41, 5.74) is 1.59. The number of rotatable bonds is 5. The van der Waals surface area contributed by atoms with Crippen molar-refractivity contribution in [2.75, 3.05) is 12.3 Å². The lowest BCUT2D eigenvalue weighted by molar-refractivity contribution is 0.0956. The molecule has 0 radical (unpaired) electrons. The van der Waals surface area contributed by atoms with Crippen molar-refractivity contribution in [2.45, 2.75) is 11.8 Å². The molecule has 0 aliphatic heterocycles. The predicted molar refractivity (Wildman–Crippen MR) is 82.0 cm³/mol. The number of carbonyl (C=O) groups excluding carboxylic acids is 1. The lowest BCUT2D eigenvalue weighted by Crippen LogP contribution is -2.29. The van der Waals surface area contributed by atoms with Gasteiger partial charge in [0, 0.05) is 12.1 Å². The van der Waals surface area contributed by atoms with E-state index in [1.54, 1.807) is 42.5 Å². The average molecular weight is 303 g/mol. The van der Waals surface area contributed by atoms with E-state index < -0.39 is 9.84 Å². The Bertz CT molecular complexity index is 707. The molecule has 5 heteroatoms. The van der Waals surface area contributed by atoms with Gasteiger partial charge in [-0.05, 0) is 31.2 Å². The zero-order valence-electron chi connectivity index (χ0n) is 11.7. The second-order valence-electron chi connectivity index (χ2n) is 4.75. The molecule has 0 bridgehead atoms. The van der Waals surface area contributed by atoms with E-state index in [1.165, 1.54) is 0 Å². The summed E-state index contributed by atoms with van der Waals surface area (Å²) in [5, 5.41) is 2.63. The van der Waals surface area contributed by atoms with Crippen LogP contribution in [0, 0.1) is 6.92 Å². The number of benzene rings is 2. The van der Waals surface area contributed by atoms with Crippen LogP contribution in [0.1, 0.15) is 15.9 Å². The van der Waals surface area contributed by atoms with Crippen LogP contribution in [0.3, 0.4) is 0 Å². The van der Waals surface area contributed by atoms with Gasteiger partial charge in [-0.3, -0.25) is 4.79 Å². The Hall–Kier alpha value is -2.14. The Labute approximate surface area is 124 Å². The van der Waals surface area contributed by atoms with Crippen molar-refractivity contribution in [1.82, 2.24) is 5.32 Å². The minimum Gasteiger partial charge on any atom is -0.351 e. The van der Waals surface area contributed by atoms with Crippen molar-refractivity contribution in [3.05, 3.63) is 65.7 Å². The van der Waals surface area contributed by atoms with Crippen molar-refractivity contribution in [3.63, 3.8) is 0 Å². The quantitative estimate of drug-likeness (QED) is 0.921. The maximum atomic E-state index is 12.0. The average Bonchev–Trinajstić information content (AvgIpc) is 2.48. The maximum absolute atomic E-state index is 12.0. The van der Waals surface area contributed by atoms with E-state index in [4.69, 9.17) is 0 Å². The number of carbonyl (C=O) groups is 1. The van der Waals surface area contributed by atoms with Crippen molar-refractivity contribution in [3.8, 4) is 0 Å². The molecule has 110 valence electrons. The number of amides is 1. The van der Waals surface area contributed by atoms with Crippen LogP contribution >= 0.6 is 0 Å². The molecule has 1 amide bonds. The smallest absolute Gasteiger partial charge is 0.251 e. The lowest BCUT2D eigenvalue weighted by atomic mass is 10.1. The Kier molecular flexibility index (Phi) is 4.75. The van der Waals surface area contributed by atoms with Gasteiger partial charge in [-0.1, -0.05) is 35.9 Å². The Balaban J connectivity index is 1.92. The molecule has 0 saturated carbocycles. The van der Waals surface area contributed by atoms with Gasteiger partial charge in [0.25, 0.3) is 5.91 Å². The van der Waals surface area contributed by atoms with Crippen molar-refractivity contribution < 1.29 is 13.2 Å². The van der Waals surface area contributed by atoms with Gasteiger partial charge in [0.05, 0.1) is 10.6 Å². The highest BCUT2D eigenvalue weighted by molar-refractivity contribution is 7.91. The van der Waals surface area contributed by atoms with Crippen LogP contribution in [0.2, 0.25) is 0 Å². The van der Waals surface area contributed by atoms with E-state index in [9.17, 15) is 13.2 Å². The van der Waals surface area contributed by atoms with Gasteiger partial charge < -0.3 is 5.32 Å². The molecule has 2 aromatic carbocycles. The maximum Gasteiger partial charge on any atom is 0.251 e. The summed E-state index contributed by atoms with van der Waals surface area (Å²) in [6, 6.07) is 15.3. The summed E-state index contributed by atoms with van der Waals surface area (Å²) in [5.74, 6) is -0.382. The number of hydrogen-bond acceptors (Lipinski definition) is 3. The zero-order valence-corrected chi connectivity index (χ0v) is 12.6. The molecule has 0 fully saturated rings. The molecular formula is C16H17NO3S. The topological polar surface area (TPSA) is 63.2 Å². The third-order valence-corrected chi connectivity index (χ3v) is 4.80. The largest absolute Gasteiger partial charge is 0.351 e. The highest BCUT2D eigenvalue weighted by atomic mass is 32.2. The number of aryl methyl sites for hydroxylation is 1. The van der Waals surface area contributed by atoms with Crippen molar-refractivity contribution in [1.29, 1.82) is 0 Å². The fraction of sp³-hybridized carbons (Fsp3) is 0.188. The van der Waals surface area contributed by atoms with E-state index in [1.807, 2.05) is 19.1 Å². The zero-order chi connectivity index (χ0) is 15.3. The highest BCUT2D eigenvalue weighted by Crippen LogP contribution is 2.09. The number of nitrogens with one attached hydrogen (secondary N) is 1. The minimum absolute atomic E-state index is 0.0872. The van der Waals surface area contributed by atoms with Crippen LogP contribution < -0.4 is 5.32 Å². The first-order valence-corrected chi connectivity index (χ1v) is 8.27. The SMILES string of the molecule is Cc1ccc(C(=O)NCCS(=O)(=O)c2ccccc2)cc1. The van der Waals surface area contributed by atoms with Gasteiger partial charge in [-0.15, -0.1) is 0 Å². The van der Waals surface area contributed by atoms with Gasteiger partial charge >= 0.3 is 0 Å². The molecule has 4 nitrogen and oxygen atoms in total. The van der Waals surface area contributed by atoms with Gasteiger partial charge in [-0.25, -0.2) is 8.42 Å². The van der Waals surface area contributed by atoms with Gasteiger partial charge in [-0.2, -0.15) is 0 Å². The van der Waals surface area contributed by atoms with Gasteiger partial charge in [0.15, 0.2) is 9.84 Å². The normalized spacial score (nSPS) is 11.1. The lowest BCUT2D eigenvalue weighted by Gasteiger charge is -2.07. The Morgan fingerprint density at radius 1 is 1.00 bits per heavy atom. The second-order valence-corrected chi connectivity index (χ2v) is 6.86. The Morgan fingerprint density at radius 3 is 2.24 bits per heavy atom. The first-order chi connectivity index (χ1) is 9.99. The fourth-order valence-corrected chi connectivity index (χ4v) is 3.03. The van der Waals surface area contributed by atoms with Crippen LogP contribution in [-0.4, -0.2) is 26.6 Å². The molecule has 0 atom stereocenters. The standard InChI is InChI=1S/C16H17NO3S/c1-13-7-9-14(10-8-13)16(18)17-11-12-21(19,20)15-5-3-2-4-6-15/h2-10H,11-12H2,1H3,(H,17,18). The van der Waals surface area contributed by atoms with Crippen molar-refractivity contribution in [2.24, 2.45) is 0 Å². The summed E-state index contributed by atoms with van der Waals surface area (Å²) in [6.45, 7) is 2.03. The minimum atomic E-state index is -3.36. The molecule has 0 saturated heterocycles. The van der Waals surface area contributed by atoms with Gasteiger partial charge in [0.1, 0.15) is 0 Å². The second kappa shape index (κ2) is 6.54. The summed E-state index contributed by atoms with van der Waals surface area (Å²) < 4.78 is 24.1. The molecular weight excluding hydrogens is 286 g/mol. The van der Waals surface area contributed by atoms with Crippen LogP contribution in [-0.2, 0) is 9.84 Å². The van der Waals surface area contributed by atoms with Crippen LogP contribution in [0.5, 0.6) is 0 Å². The molecule has 0 aromatic heterocycles. The predicted octanol–water partition coefficient (Wildman–Crippen LogP) is 2.20. The monoisotopic (exact) mass is 303 g/mol. The van der Waals surface area contributed by atoms with E-state index >= 15 is 0 Å². The van der Waals surface area contributed by atoms with E-state index in [-0.39, 0.29) is 23.1 Å². The molecule has 0 unspecified atom stereocenters. The van der Waals surface area contributed by atoms with E-state index in [0.717, 1.165) is 5.56 Å². The highest BCUT2D eigenvalue weighted by Gasteiger charge is 2.14. The summed E-state index contributed by atoms with van der Waals surface area (Å²) in [6.07, 6.45) is 0. The summed E-state index contributed by atoms with van der Waals surface area (Å²) in [4.78, 5) is 12.1. The number of sulfone groups is 1. The molecule has 2 aromatic rings. The molecule has 1 N–H and O–H groups in total.